The lowest BCUT2D eigenvalue weighted by atomic mass is 9.90. The summed E-state index contributed by atoms with van der Waals surface area (Å²) in [5.74, 6) is 0.746. The molecule has 0 unspecified atom stereocenters. The largest absolute Gasteiger partial charge is 0.343 e. The van der Waals surface area contributed by atoms with E-state index in [1.54, 1.807) is 22.8 Å². The second-order valence-corrected chi connectivity index (χ2v) is 11.0. The fraction of sp³-hybridized carbons (Fsp3) is 0.583. The molecule has 3 heterocycles. The Morgan fingerprint density at radius 1 is 1.03 bits per heavy atom. The number of amides is 1. The third kappa shape index (κ3) is 4.91. The summed E-state index contributed by atoms with van der Waals surface area (Å²) in [6, 6.07) is 10.5. The third-order valence-electron chi connectivity index (χ3n) is 6.85. The normalized spacial score (nSPS) is 18.4. The lowest BCUT2D eigenvalue weighted by Crippen LogP contribution is -2.39. The Balaban J connectivity index is 1.32. The maximum atomic E-state index is 13.0. The number of benzene rings is 1. The van der Waals surface area contributed by atoms with Gasteiger partial charge in [-0.3, -0.25) is 9.48 Å². The first kappa shape index (κ1) is 23.0. The summed E-state index contributed by atoms with van der Waals surface area (Å²) in [5, 5.41) is 4.46. The standard InChI is InChI=1S/C24H34N4O3S/c1-19-24(32(30,31)27-13-6-7-14-27)20(2)28(25-19)17-12-23(29)26-15-10-22(11-16-26)18-21-8-4-3-5-9-21/h3-5,8-9,22H,6-7,10-18H2,1-2H3. The Bertz CT molecular complexity index is 1030. The maximum absolute atomic E-state index is 13.0. The van der Waals surface area contributed by atoms with Gasteiger partial charge < -0.3 is 4.90 Å². The summed E-state index contributed by atoms with van der Waals surface area (Å²) in [5.41, 5.74) is 2.51. The van der Waals surface area contributed by atoms with Crippen LogP contribution in [0.15, 0.2) is 35.2 Å². The number of hydrogen-bond acceptors (Lipinski definition) is 4. The summed E-state index contributed by atoms with van der Waals surface area (Å²) in [6.07, 6.45) is 5.28. The third-order valence-corrected chi connectivity index (χ3v) is 9.00. The van der Waals surface area contributed by atoms with Gasteiger partial charge in [0.2, 0.25) is 15.9 Å². The zero-order valence-corrected chi connectivity index (χ0v) is 20.0. The van der Waals surface area contributed by atoms with Gasteiger partial charge in [0.05, 0.1) is 17.9 Å². The van der Waals surface area contributed by atoms with E-state index in [-0.39, 0.29) is 5.91 Å². The first-order chi connectivity index (χ1) is 15.4. The quantitative estimate of drug-likeness (QED) is 0.639. The molecule has 0 N–H and O–H groups in total. The van der Waals surface area contributed by atoms with E-state index in [2.05, 4.69) is 29.4 Å². The number of carbonyl (C=O) groups is 1. The molecule has 0 bridgehead atoms. The van der Waals surface area contributed by atoms with Gasteiger partial charge in [0, 0.05) is 32.6 Å². The molecule has 2 aromatic rings. The van der Waals surface area contributed by atoms with Crippen LogP contribution < -0.4 is 0 Å². The molecular formula is C24H34N4O3S. The SMILES string of the molecule is Cc1nn(CCC(=O)N2CCC(Cc3ccccc3)CC2)c(C)c1S(=O)(=O)N1CCCC1. The van der Waals surface area contributed by atoms with E-state index in [1.807, 2.05) is 11.0 Å². The number of rotatable bonds is 7. The molecule has 2 fully saturated rings. The molecule has 2 aliphatic rings. The smallest absolute Gasteiger partial charge is 0.246 e. The van der Waals surface area contributed by atoms with E-state index in [4.69, 9.17) is 0 Å². The molecule has 1 aromatic heterocycles. The molecule has 0 aliphatic carbocycles. The number of hydrogen-bond donors (Lipinski definition) is 0. The summed E-state index contributed by atoms with van der Waals surface area (Å²) in [6.45, 7) is 6.68. The predicted octanol–water partition coefficient (Wildman–Crippen LogP) is 3.16. The van der Waals surface area contributed by atoms with Crippen molar-refractivity contribution in [3.63, 3.8) is 0 Å². The Hall–Kier alpha value is -2.19. The van der Waals surface area contributed by atoms with Gasteiger partial charge >= 0.3 is 0 Å². The molecule has 0 saturated carbocycles. The van der Waals surface area contributed by atoms with Crippen molar-refractivity contribution < 1.29 is 13.2 Å². The van der Waals surface area contributed by atoms with Crippen molar-refractivity contribution in [2.75, 3.05) is 26.2 Å². The number of likely N-dealkylation sites (tertiary alicyclic amines) is 1. The van der Waals surface area contributed by atoms with E-state index in [9.17, 15) is 13.2 Å². The molecule has 2 saturated heterocycles. The van der Waals surface area contributed by atoms with Crippen molar-refractivity contribution in [1.29, 1.82) is 0 Å². The predicted molar refractivity (Wildman–Crippen MR) is 124 cm³/mol. The second-order valence-electron chi connectivity index (χ2n) is 9.10. The van der Waals surface area contributed by atoms with E-state index in [0.717, 1.165) is 45.2 Å². The van der Waals surface area contributed by atoms with Crippen molar-refractivity contribution in [2.45, 2.75) is 63.8 Å². The number of nitrogens with zero attached hydrogens (tertiary/aromatic N) is 4. The van der Waals surface area contributed by atoms with E-state index >= 15 is 0 Å². The van der Waals surface area contributed by atoms with Gasteiger partial charge in [-0.05, 0) is 57.4 Å². The topological polar surface area (TPSA) is 75.5 Å². The van der Waals surface area contributed by atoms with E-state index in [0.29, 0.717) is 48.3 Å². The Labute approximate surface area is 191 Å². The zero-order chi connectivity index (χ0) is 22.7. The lowest BCUT2D eigenvalue weighted by molar-refractivity contribution is -0.132. The van der Waals surface area contributed by atoms with E-state index in [1.165, 1.54) is 5.56 Å². The Morgan fingerprint density at radius 3 is 2.34 bits per heavy atom. The van der Waals surface area contributed by atoms with Crippen molar-refractivity contribution in [3.8, 4) is 0 Å². The van der Waals surface area contributed by atoms with Crippen LogP contribution in [-0.4, -0.2) is 59.5 Å². The average Bonchev–Trinajstić information content (AvgIpc) is 3.42. The van der Waals surface area contributed by atoms with Crippen LogP contribution in [0, 0.1) is 19.8 Å². The maximum Gasteiger partial charge on any atom is 0.246 e. The van der Waals surface area contributed by atoms with Crippen LogP contribution in [0.5, 0.6) is 0 Å². The average molecular weight is 459 g/mol. The first-order valence-corrected chi connectivity index (χ1v) is 13.2. The van der Waals surface area contributed by atoms with Crippen LogP contribution in [0.3, 0.4) is 0 Å². The molecule has 32 heavy (non-hydrogen) atoms. The molecule has 0 spiro atoms. The number of carbonyl (C=O) groups excluding carboxylic acids is 1. The van der Waals surface area contributed by atoms with Crippen LogP contribution in [0.4, 0.5) is 0 Å². The van der Waals surface area contributed by atoms with Crippen LogP contribution in [-0.2, 0) is 27.8 Å². The fourth-order valence-electron chi connectivity index (χ4n) is 5.02. The molecule has 1 amide bonds. The highest BCUT2D eigenvalue weighted by Crippen LogP contribution is 2.27. The number of sulfonamides is 1. The lowest BCUT2D eigenvalue weighted by Gasteiger charge is -2.32. The fourth-order valence-corrected chi connectivity index (χ4v) is 6.91. The monoisotopic (exact) mass is 458 g/mol. The highest BCUT2D eigenvalue weighted by Gasteiger charge is 2.32. The van der Waals surface area contributed by atoms with Crippen molar-refractivity contribution in [2.24, 2.45) is 5.92 Å². The van der Waals surface area contributed by atoms with Crippen molar-refractivity contribution in [1.82, 2.24) is 19.0 Å². The van der Waals surface area contributed by atoms with Crippen LogP contribution in [0.1, 0.15) is 49.1 Å². The van der Waals surface area contributed by atoms with E-state index < -0.39 is 10.0 Å². The second kappa shape index (κ2) is 9.75. The molecule has 1 aromatic carbocycles. The highest BCUT2D eigenvalue weighted by molar-refractivity contribution is 7.89. The van der Waals surface area contributed by atoms with Crippen LogP contribution in [0.25, 0.3) is 0 Å². The van der Waals surface area contributed by atoms with Gasteiger partial charge in [0.15, 0.2) is 0 Å². The number of piperidine rings is 1. The Morgan fingerprint density at radius 2 is 1.69 bits per heavy atom. The molecule has 0 radical (unpaired) electrons. The molecular weight excluding hydrogens is 424 g/mol. The highest BCUT2D eigenvalue weighted by atomic mass is 32.2. The van der Waals surface area contributed by atoms with Crippen LogP contribution in [0.2, 0.25) is 0 Å². The summed E-state index contributed by atoms with van der Waals surface area (Å²) in [4.78, 5) is 15.1. The van der Waals surface area contributed by atoms with Gasteiger partial charge in [0.1, 0.15) is 4.90 Å². The summed E-state index contributed by atoms with van der Waals surface area (Å²) in [7, 11) is -3.52. The number of aromatic nitrogens is 2. The Kier molecular flexibility index (Phi) is 7.00. The van der Waals surface area contributed by atoms with Crippen molar-refractivity contribution in [3.05, 3.63) is 47.3 Å². The molecule has 7 nitrogen and oxygen atoms in total. The van der Waals surface area contributed by atoms with Gasteiger partial charge in [0.25, 0.3) is 0 Å². The minimum absolute atomic E-state index is 0.125. The molecule has 4 rings (SSSR count). The van der Waals surface area contributed by atoms with Gasteiger partial charge in [-0.15, -0.1) is 0 Å². The van der Waals surface area contributed by atoms with Crippen molar-refractivity contribution >= 4 is 15.9 Å². The minimum atomic E-state index is -3.52. The summed E-state index contributed by atoms with van der Waals surface area (Å²) >= 11 is 0. The minimum Gasteiger partial charge on any atom is -0.343 e. The van der Waals surface area contributed by atoms with Gasteiger partial charge in [-0.2, -0.15) is 9.40 Å². The zero-order valence-electron chi connectivity index (χ0n) is 19.2. The van der Waals surface area contributed by atoms with Gasteiger partial charge in [-0.1, -0.05) is 30.3 Å². The molecule has 174 valence electrons. The number of aryl methyl sites for hydroxylation is 2. The van der Waals surface area contributed by atoms with Crippen LogP contribution >= 0.6 is 0 Å². The van der Waals surface area contributed by atoms with Gasteiger partial charge in [-0.25, -0.2) is 8.42 Å². The molecule has 2 aliphatic heterocycles. The first-order valence-electron chi connectivity index (χ1n) is 11.7. The molecule has 0 atom stereocenters. The molecule has 8 heteroatoms. The summed E-state index contributed by atoms with van der Waals surface area (Å²) < 4.78 is 29.3.